The molecule has 2 heterocycles. The van der Waals surface area contributed by atoms with E-state index in [0.29, 0.717) is 15.9 Å². The number of anilines is 1. The van der Waals surface area contributed by atoms with Gasteiger partial charge in [0.1, 0.15) is 10.9 Å². The average Bonchev–Trinajstić information content (AvgIpc) is 2.63. The van der Waals surface area contributed by atoms with Gasteiger partial charge in [0.05, 0.1) is 11.3 Å². The fourth-order valence-corrected chi connectivity index (χ4v) is 2.04. The predicted octanol–water partition coefficient (Wildman–Crippen LogP) is 0.950. The molecule has 0 spiro atoms. The van der Waals surface area contributed by atoms with Gasteiger partial charge in [0.25, 0.3) is 0 Å². The van der Waals surface area contributed by atoms with E-state index in [1.54, 1.807) is 4.57 Å². The number of nitrogens with two attached hydrogens (primary N) is 1. The van der Waals surface area contributed by atoms with Crippen LogP contribution in [0.25, 0.3) is 0 Å². The molecule has 0 saturated heterocycles. The molecule has 8 heteroatoms. The summed E-state index contributed by atoms with van der Waals surface area (Å²) in [4.78, 5) is 14.8. The summed E-state index contributed by atoms with van der Waals surface area (Å²) < 4.78 is 1.80. The van der Waals surface area contributed by atoms with Gasteiger partial charge in [0.15, 0.2) is 5.16 Å². The summed E-state index contributed by atoms with van der Waals surface area (Å²) in [6.07, 6.45) is 1.27. The highest BCUT2D eigenvalue weighted by Crippen LogP contribution is 2.29. The molecule has 0 radical (unpaired) electrons. The highest BCUT2D eigenvalue weighted by molar-refractivity contribution is 7.99. The standard InChI is InChI=1S/C10H11N5O2S/c1-5-13-14-10(15(5)2)18-8-7(11)3-6(4-12-8)9(16)17/h3-4H,11H2,1-2H3,(H,16,17). The molecule has 3 N–H and O–H groups in total. The lowest BCUT2D eigenvalue weighted by molar-refractivity contribution is 0.0696. The minimum absolute atomic E-state index is 0.0611. The fraction of sp³-hybridized carbons (Fsp3) is 0.200. The van der Waals surface area contributed by atoms with Gasteiger partial charge in [0.2, 0.25) is 0 Å². The highest BCUT2D eigenvalue weighted by atomic mass is 32.2. The number of aryl methyl sites for hydroxylation is 1. The van der Waals surface area contributed by atoms with Crippen LogP contribution in [0.2, 0.25) is 0 Å². The van der Waals surface area contributed by atoms with Crippen molar-refractivity contribution in [2.24, 2.45) is 7.05 Å². The van der Waals surface area contributed by atoms with Gasteiger partial charge < -0.3 is 15.4 Å². The van der Waals surface area contributed by atoms with Crippen molar-refractivity contribution in [2.75, 3.05) is 5.73 Å². The van der Waals surface area contributed by atoms with Crippen molar-refractivity contribution in [3.05, 3.63) is 23.7 Å². The zero-order valence-corrected chi connectivity index (χ0v) is 10.6. The van der Waals surface area contributed by atoms with E-state index in [1.165, 1.54) is 24.0 Å². The first-order valence-electron chi connectivity index (χ1n) is 5.01. The van der Waals surface area contributed by atoms with Crippen LogP contribution in [0.5, 0.6) is 0 Å². The lowest BCUT2D eigenvalue weighted by atomic mass is 10.3. The third kappa shape index (κ3) is 2.28. The van der Waals surface area contributed by atoms with Gasteiger partial charge in [-0.25, -0.2) is 9.78 Å². The maximum Gasteiger partial charge on any atom is 0.337 e. The second kappa shape index (κ2) is 4.65. The second-order valence-electron chi connectivity index (χ2n) is 3.61. The molecule has 7 nitrogen and oxygen atoms in total. The topological polar surface area (TPSA) is 107 Å². The highest BCUT2D eigenvalue weighted by Gasteiger charge is 2.12. The number of aromatic nitrogens is 4. The van der Waals surface area contributed by atoms with E-state index in [9.17, 15) is 4.79 Å². The summed E-state index contributed by atoms with van der Waals surface area (Å²) in [6.45, 7) is 1.83. The van der Waals surface area contributed by atoms with Crippen LogP contribution in [-0.2, 0) is 7.05 Å². The third-order valence-electron chi connectivity index (χ3n) is 2.37. The molecule has 0 bridgehead atoms. The van der Waals surface area contributed by atoms with Crippen molar-refractivity contribution in [1.82, 2.24) is 19.7 Å². The van der Waals surface area contributed by atoms with Crippen molar-refractivity contribution in [3.63, 3.8) is 0 Å². The number of nitrogens with zero attached hydrogens (tertiary/aromatic N) is 4. The first-order valence-corrected chi connectivity index (χ1v) is 5.83. The van der Waals surface area contributed by atoms with Crippen LogP contribution < -0.4 is 5.73 Å². The Labute approximate surface area is 107 Å². The van der Waals surface area contributed by atoms with Crippen molar-refractivity contribution in [2.45, 2.75) is 17.1 Å². The minimum Gasteiger partial charge on any atom is -0.478 e. The fourth-order valence-electron chi connectivity index (χ4n) is 1.23. The lowest BCUT2D eigenvalue weighted by Gasteiger charge is -2.04. The van der Waals surface area contributed by atoms with E-state index < -0.39 is 5.97 Å². The molecule has 0 atom stereocenters. The smallest absolute Gasteiger partial charge is 0.337 e. The molecule has 18 heavy (non-hydrogen) atoms. The number of carbonyl (C=O) groups is 1. The molecule has 0 aliphatic carbocycles. The summed E-state index contributed by atoms with van der Waals surface area (Å²) in [6, 6.07) is 1.38. The quantitative estimate of drug-likeness (QED) is 0.850. The molecule has 0 saturated carbocycles. The molecule has 0 amide bonds. The van der Waals surface area contributed by atoms with Crippen LogP contribution in [0.1, 0.15) is 16.2 Å². The Morgan fingerprint density at radius 1 is 1.50 bits per heavy atom. The minimum atomic E-state index is -1.06. The zero-order valence-electron chi connectivity index (χ0n) is 9.78. The van der Waals surface area contributed by atoms with Gasteiger partial charge in [-0.2, -0.15) is 0 Å². The molecule has 94 valence electrons. The van der Waals surface area contributed by atoms with Gasteiger partial charge in [-0.3, -0.25) is 0 Å². The summed E-state index contributed by atoms with van der Waals surface area (Å²) in [5.74, 6) is -0.279. The molecule has 0 aliphatic heterocycles. The van der Waals surface area contributed by atoms with Crippen LogP contribution in [-0.4, -0.2) is 30.8 Å². The van der Waals surface area contributed by atoms with Crippen LogP contribution in [0.15, 0.2) is 22.4 Å². The normalized spacial score (nSPS) is 10.6. The molecule has 0 unspecified atom stereocenters. The largest absolute Gasteiger partial charge is 0.478 e. The maximum atomic E-state index is 10.8. The Kier molecular flexibility index (Phi) is 3.19. The summed E-state index contributed by atoms with van der Waals surface area (Å²) in [5, 5.41) is 17.9. The number of aromatic carboxylic acids is 1. The first-order chi connectivity index (χ1) is 8.49. The van der Waals surface area contributed by atoms with E-state index >= 15 is 0 Å². The van der Waals surface area contributed by atoms with E-state index in [4.69, 9.17) is 10.8 Å². The summed E-state index contributed by atoms with van der Waals surface area (Å²) in [5.41, 5.74) is 6.13. The van der Waals surface area contributed by atoms with Crippen molar-refractivity contribution in [1.29, 1.82) is 0 Å². The SMILES string of the molecule is Cc1nnc(Sc2ncc(C(=O)O)cc2N)n1C. The Morgan fingerprint density at radius 3 is 2.72 bits per heavy atom. The molecular formula is C10H11N5O2S. The number of rotatable bonds is 3. The van der Waals surface area contributed by atoms with Gasteiger partial charge in [-0.15, -0.1) is 10.2 Å². The Hall–Kier alpha value is -2.09. The van der Waals surface area contributed by atoms with Gasteiger partial charge in [0, 0.05) is 13.2 Å². The van der Waals surface area contributed by atoms with Crippen molar-refractivity contribution >= 4 is 23.4 Å². The lowest BCUT2D eigenvalue weighted by Crippen LogP contribution is -2.01. The van der Waals surface area contributed by atoms with Crippen LogP contribution in [0, 0.1) is 6.92 Å². The van der Waals surface area contributed by atoms with Crippen LogP contribution >= 0.6 is 11.8 Å². The van der Waals surface area contributed by atoms with E-state index in [-0.39, 0.29) is 5.56 Å². The first kappa shape index (κ1) is 12.4. The number of hydrogen-bond donors (Lipinski definition) is 2. The van der Waals surface area contributed by atoms with Gasteiger partial charge in [-0.1, -0.05) is 0 Å². The molecule has 0 fully saturated rings. The average molecular weight is 265 g/mol. The number of carboxylic acid groups (broad SMARTS) is 1. The Bertz CT molecular complexity index is 610. The monoisotopic (exact) mass is 265 g/mol. The van der Waals surface area contributed by atoms with E-state index in [0.717, 1.165) is 5.82 Å². The number of pyridine rings is 1. The van der Waals surface area contributed by atoms with Gasteiger partial charge >= 0.3 is 5.97 Å². The van der Waals surface area contributed by atoms with Crippen LogP contribution in [0.3, 0.4) is 0 Å². The zero-order chi connectivity index (χ0) is 13.3. The van der Waals surface area contributed by atoms with Crippen molar-refractivity contribution in [3.8, 4) is 0 Å². The Morgan fingerprint density at radius 2 is 2.22 bits per heavy atom. The third-order valence-corrected chi connectivity index (χ3v) is 3.44. The Balaban J connectivity index is 2.30. The van der Waals surface area contributed by atoms with Gasteiger partial charge in [-0.05, 0) is 24.8 Å². The second-order valence-corrected chi connectivity index (χ2v) is 4.57. The molecule has 2 aromatic rings. The molecule has 0 aliphatic rings. The van der Waals surface area contributed by atoms with Crippen molar-refractivity contribution < 1.29 is 9.90 Å². The maximum absolute atomic E-state index is 10.8. The predicted molar refractivity (Wildman–Crippen MR) is 65.5 cm³/mol. The van der Waals surface area contributed by atoms with E-state index in [1.807, 2.05) is 14.0 Å². The molecular weight excluding hydrogens is 254 g/mol. The molecule has 0 aromatic carbocycles. The van der Waals surface area contributed by atoms with Crippen LogP contribution in [0.4, 0.5) is 5.69 Å². The number of nitrogen functional groups attached to an aromatic ring is 1. The molecule has 2 aromatic heterocycles. The molecule has 2 rings (SSSR count). The summed E-state index contributed by atoms with van der Waals surface area (Å²) >= 11 is 1.24. The summed E-state index contributed by atoms with van der Waals surface area (Å²) in [7, 11) is 1.83. The number of carboxylic acids is 1. The van der Waals surface area contributed by atoms with E-state index in [2.05, 4.69) is 15.2 Å². The number of hydrogen-bond acceptors (Lipinski definition) is 6.